The second-order valence-corrected chi connectivity index (χ2v) is 4.30. The van der Waals surface area contributed by atoms with Crippen molar-refractivity contribution >= 4 is 23.6 Å². The summed E-state index contributed by atoms with van der Waals surface area (Å²) in [5.74, 6) is -1.89. The number of anilines is 1. The molecule has 1 aliphatic heterocycles. The molecule has 8 nitrogen and oxygen atoms in total. The summed E-state index contributed by atoms with van der Waals surface area (Å²) >= 11 is 0. The SMILES string of the molecule is NC(=O)OC(C[C@@H]1Oc2ccc(F)cc2NC1=O)C(N)=O. The average Bonchev–Trinajstić information content (AvgIpc) is 2.38. The monoisotopic (exact) mass is 297 g/mol. The number of benzene rings is 1. The summed E-state index contributed by atoms with van der Waals surface area (Å²) in [6.45, 7) is 0. The van der Waals surface area contributed by atoms with Crippen LogP contribution in [0.25, 0.3) is 0 Å². The maximum atomic E-state index is 13.0. The van der Waals surface area contributed by atoms with E-state index in [0.29, 0.717) is 0 Å². The van der Waals surface area contributed by atoms with Crippen molar-refractivity contribution < 1.29 is 28.2 Å². The van der Waals surface area contributed by atoms with Gasteiger partial charge >= 0.3 is 6.09 Å². The summed E-state index contributed by atoms with van der Waals surface area (Å²) in [7, 11) is 0. The Morgan fingerprint density at radius 2 is 2.14 bits per heavy atom. The van der Waals surface area contributed by atoms with Crippen molar-refractivity contribution in [2.24, 2.45) is 11.5 Å². The Morgan fingerprint density at radius 1 is 1.43 bits per heavy atom. The van der Waals surface area contributed by atoms with E-state index in [4.69, 9.17) is 16.2 Å². The van der Waals surface area contributed by atoms with Crippen LogP contribution in [0.4, 0.5) is 14.9 Å². The topological polar surface area (TPSA) is 134 Å². The van der Waals surface area contributed by atoms with E-state index in [1.54, 1.807) is 0 Å². The number of carbonyl (C=O) groups is 3. The maximum absolute atomic E-state index is 13.0. The number of halogens is 1. The van der Waals surface area contributed by atoms with Crippen molar-refractivity contribution in [2.45, 2.75) is 18.6 Å². The first kappa shape index (κ1) is 14.6. The van der Waals surface area contributed by atoms with Gasteiger partial charge in [0.15, 0.2) is 12.2 Å². The Hall–Kier alpha value is -2.84. The lowest BCUT2D eigenvalue weighted by molar-refractivity contribution is -0.130. The highest BCUT2D eigenvalue weighted by Crippen LogP contribution is 2.31. The Kier molecular flexibility index (Phi) is 3.92. The Labute approximate surface area is 118 Å². The predicted molar refractivity (Wildman–Crippen MR) is 67.7 cm³/mol. The van der Waals surface area contributed by atoms with E-state index in [1.165, 1.54) is 6.07 Å². The van der Waals surface area contributed by atoms with Gasteiger partial charge in [0.2, 0.25) is 0 Å². The second-order valence-electron chi connectivity index (χ2n) is 4.30. The number of fused-ring (bicyclic) bond motifs is 1. The number of rotatable bonds is 4. The summed E-state index contributed by atoms with van der Waals surface area (Å²) in [6, 6.07) is 3.57. The highest BCUT2D eigenvalue weighted by molar-refractivity contribution is 5.98. The molecule has 0 spiro atoms. The fourth-order valence-electron chi connectivity index (χ4n) is 1.83. The largest absolute Gasteiger partial charge is 0.478 e. The Bertz CT molecular complexity index is 607. The van der Waals surface area contributed by atoms with Crippen LogP contribution in [0.2, 0.25) is 0 Å². The Morgan fingerprint density at radius 3 is 2.76 bits per heavy atom. The van der Waals surface area contributed by atoms with Crippen molar-refractivity contribution in [2.75, 3.05) is 5.32 Å². The molecule has 3 amide bonds. The summed E-state index contributed by atoms with van der Waals surface area (Å²) in [5.41, 5.74) is 10.0. The van der Waals surface area contributed by atoms with Gasteiger partial charge in [0.25, 0.3) is 11.8 Å². The molecule has 0 fully saturated rings. The minimum absolute atomic E-state index is 0.169. The molecule has 1 aromatic rings. The molecule has 0 bridgehead atoms. The van der Waals surface area contributed by atoms with Crippen molar-refractivity contribution in [1.82, 2.24) is 0 Å². The van der Waals surface area contributed by atoms with E-state index in [2.05, 4.69) is 10.1 Å². The maximum Gasteiger partial charge on any atom is 0.405 e. The highest BCUT2D eigenvalue weighted by atomic mass is 19.1. The van der Waals surface area contributed by atoms with E-state index in [-0.39, 0.29) is 17.9 Å². The van der Waals surface area contributed by atoms with Crippen LogP contribution in [0.15, 0.2) is 18.2 Å². The van der Waals surface area contributed by atoms with Crippen LogP contribution in [0.1, 0.15) is 6.42 Å². The second kappa shape index (κ2) is 5.65. The lowest BCUT2D eigenvalue weighted by Crippen LogP contribution is -2.44. The molecular formula is C12H12FN3O5. The van der Waals surface area contributed by atoms with Crippen molar-refractivity contribution in [3.8, 4) is 5.75 Å². The van der Waals surface area contributed by atoms with Crippen LogP contribution in [0.5, 0.6) is 5.75 Å². The Balaban J connectivity index is 2.14. The summed E-state index contributed by atoms with van der Waals surface area (Å²) in [5, 5.41) is 2.42. The van der Waals surface area contributed by atoms with Gasteiger partial charge in [-0.1, -0.05) is 0 Å². The van der Waals surface area contributed by atoms with Crippen molar-refractivity contribution in [3.63, 3.8) is 0 Å². The van der Waals surface area contributed by atoms with E-state index in [0.717, 1.165) is 12.1 Å². The number of amides is 3. The van der Waals surface area contributed by atoms with E-state index >= 15 is 0 Å². The van der Waals surface area contributed by atoms with Crippen LogP contribution in [0, 0.1) is 5.82 Å². The molecule has 2 atom stereocenters. The molecule has 9 heteroatoms. The van der Waals surface area contributed by atoms with Crippen LogP contribution in [-0.4, -0.2) is 30.1 Å². The number of ether oxygens (including phenoxy) is 2. The predicted octanol–water partition coefficient (Wildman–Crippen LogP) is -0.135. The summed E-state index contributed by atoms with van der Waals surface area (Å²) in [4.78, 5) is 33.7. The average molecular weight is 297 g/mol. The molecule has 112 valence electrons. The molecular weight excluding hydrogens is 285 g/mol. The van der Waals surface area contributed by atoms with Gasteiger partial charge in [-0.15, -0.1) is 0 Å². The van der Waals surface area contributed by atoms with Crippen LogP contribution < -0.4 is 21.5 Å². The number of hydrogen-bond acceptors (Lipinski definition) is 5. The fraction of sp³-hybridized carbons (Fsp3) is 0.250. The van der Waals surface area contributed by atoms with Gasteiger partial charge < -0.3 is 26.3 Å². The van der Waals surface area contributed by atoms with Gasteiger partial charge in [0.05, 0.1) is 5.69 Å². The lowest BCUT2D eigenvalue weighted by Gasteiger charge is -2.27. The first-order valence-corrected chi connectivity index (χ1v) is 5.89. The molecule has 21 heavy (non-hydrogen) atoms. The van der Waals surface area contributed by atoms with Gasteiger partial charge in [-0.05, 0) is 12.1 Å². The molecule has 5 N–H and O–H groups in total. The molecule has 1 aromatic carbocycles. The van der Waals surface area contributed by atoms with Gasteiger partial charge in [-0.2, -0.15) is 0 Å². The number of primary amides is 2. The van der Waals surface area contributed by atoms with E-state index < -0.39 is 35.9 Å². The molecule has 1 unspecified atom stereocenters. The molecule has 2 rings (SSSR count). The number of carbonyl (C=O) groups excluding carboxylic acids is 3. The number of nitrogens with one attached hydrogen (secondary N) is 1. The number of hydrogen-bond donors (Lipinski definition) is 3. The molecule has 1 heterocycles. The molecule has 0 radical (unpaired) electrons. The van der Waals surface area contributed by atoms with Crippen LogP contribution >= 0.6 is 0 Å². The fourth-order valence-corrected chi connectivity index (χ4v) is 1.83. The third-order valence-electron chi connectivity index (χ3n) is 2.77. The third-order valence-corrected chi connectivity index (χ3v) is 2.77. The minimum Gasteiger partial charge on any atom is -0.478 e. The molecule has 0 aliphatic carbocycles. The zero-order valence-corrected chi connectivity index (χ0v) is 10.7. The molecule has 0 saturated heterocycles. The van der Waals surface area contributed by atoms with Gasteiger partial charge in [0.1, 0.15) is 11.6 Å². The van der Waals surface area contributed by atoms with Crippen LogP contribution in [0.3, 0.4) is 0 Å². The third kappa shape index (κ3) is 3.38. The molecule has 1 aliphatic rings. The molecule has 0 saturated carbocycles. The minimum atomic E-state index is -1.40. The lowest BCUT2D eigenvalue weighted by atomic mass is 10.1. The number of nitrogens with two attached hydrogens (primary N) is 2. The molecule has 0 aromatic heterocycles. The zero-order chi connectivity index (χ0) is 15.6. The van der Waals surface area contributed by atoms with E-state index in [1.807, 2.05) is 0 Å². The van der Waals surface area contributed by atoms with Gasteiger partial charge in [-0.25, -0.2) is 9.18 Å². The van der Waals surface area contributed by atoms with Gasteiger partial charge in [-0.3, -0.25) is 9.59 Å². The first-order valence-electron chi connectivity index (χ1n) is 5.89. The quantitative estimate of drug-likeness (QED) is 0.711. The van der Waals surface area contributed by atoms with Gasteiger partial charge in [0, 0.05) is 12.5 Å². The standard InChI is InChI=1S/C12H12FN3O5/c13-5-1-2-7-6(3-5)16-11(18)9(20-7)4-8(10(14)17)21-12(15)19/h1-3,8-9H,4H2,(H2,14,17)(H2,15,19)(H,16,18)/t8?,9-/m0/s1. The first-order chi connectivity index (χ1) is 9.86. The summed E-state index contributed by atoms with van der Waals surface area (Å²) < 4.78 is 22.9. The highest BCUT2D eigenvalue weighted by Gasteiger charge is 2.33. The zero-order valence-electron chi connectivity index (χ0n) is 10.7. The normalized spacial score (nSPS) is 18.0. The van der Waals surface area contributed by atoms with Crippen molar-refractivity contribution in [1.29, 1.82) is 0 Å². The van der Waals surface area contributed by atoms with E-state index in [9.17, 15) is 18.8 Å². The van der Waals surface area contributed by atoms with Crippen molar-refractivity contribution in [3.05, 3.63) is 24.0 Å². The summed E-state index contributed by atoms with van der Waals surface area (Å²) in [6.07, 6.45) is -4.03. The van der Waals surface area contributed by atoms with Crippen LogP contribution in [-0.2, 0) is 14.3 Å². The smallest absolute Gasteiger partial charge is 0.405 e.